The van der Waals surface area contributed by atoms with Crippen LogP contribution in [0.15, 0.2) is 142 Å². The number of halogens is 1. The van der Waals surface area contributed by atoms with Crippen molar-refractivity contribution in [3.8, 4) is 22.5 Å². The van der Waals surface area contributed by atoms with Crippen LogP contribution in [0.1, 0.15) is 17.9 Å². The normalized spacial score (nSPS) is 14.5. The Hall–Kier alpha value is -4.92. The first kappa shape index (κ1) is 25.6. The van der Waals surface area contributed by atoms with Gasteiger partial charge in [0.2, 0.25) is 0 Å². The van der Waals surface area contributed by atoms with E-state index in [9.17, 15) is 0 Å². The molecule has 1 aliphatic rings. The number of hydrogen-bond donors (Lipinski definition) is 0. The predicted molar refractivity (Wildman–Crippen MR) is 189 cm³/mol. The SMILES string of the molecule is Brc1c(-c2cccc3ccccc23)oc2ccc(-c3cccc(C4C=c5c(c6ccccc6c6ccccc56)=CC4)c3)cc12. The van der Waals surface area contributed by atoms with Crippen molar-refractivity contribution in [2.45, 2.75) is 12.3 Å². The van der Waals surface area contributed by atoms with E-state index < -0.39 is 0 Å². The Labute approximate surface area is 263 Å². The summed E-state index contributed by atoms with van der Waals surface area (Å²) < 4.78 is 7.44. The average molecular weight is 628 g/mol. The second kappa shape index (κ2) is 10.1. The van der Waals surface area contributed by atoms with Gasteiger partial charge >= 0.3 is 0 Å². The van der Waals surface area contributed by atoms with Gasteiger partial charge in [-0.25, -0.2) is 0 Å². The highest BCUT2D eigenvalue weighted by molar-refractivity contribution is 9.10. The maximum atomic E-state index is 6.45. The van der Waals surface area contributed by atoms with Crippen molar-refractivity contribution >= 4 is 71.4 Å². The van der Waals surface area contributed by atoms with Gasteiger partial charge in [0, 0.05) is 16.9 Å². The van der Waals surface area contributed by atoms with Gasteiger partial charge in [0.15, 0.2) is 0 Å². The number of rotatable bonds is 3. The quantitative estimate of drug-likeness (QED) is 0.178. The molecule has 0 bridgehead atoms. The summed E-state index contributed by atoms with van der Waals surface area (Å²) in [7, 11) is 0. The van der Waals surface area contributed by atoms with E-state index in [0.717, 1.165) is 33.2 Å². The van der Waals surface area contributed by atoms with E-state index >= 15 is 0 Å². The zero-order valence-corrected chi connectivity index (χ0v) is 25.5. The van der Waals surface area contributed by atoms with Gasteiger partial charge in [0.1, 0.15) is 11.3 Å². The molecule has 8 aromatic rings. The summed E-state index contributed by atoms with van der Waals surface area (Å²) >= 11 is 3.91. The van der Waals surface area contributed by atoms with E-state index in [1.165, 1.54) is 59.4 Å². The Morgan fingerprint density at radius 1 is 0.545 bits per heavy atom. The summed E-state index contributed by atoms with van der Waals surface area (Å²) in [5.74, 6) is 1.18. The molecule has 0 spiro atoms. The molecule has 1 aliphatic carbocycles. The first-order chi connectivity index (χ1) is 21.7. The lowest BCUT2D eigenvalue weighted by molar-refractivity contribution is 0.630. The fourth-order valence-corrected chi connectivity index (χ4v) is 7.74. The van der Waals surface area contributed by atoms with Crippen LogP contribution in [0, 0.1) is 0 Å². The number of benzene rings is 7. The lowest BCUT2D eigenvalue weighted by Gasteiger charge is -2.18. The topological polar surface area (TPSA) is 13.1 Å². The fraction of sp³-hybridized carbons (Fsp3) is 0.0476. The van der Waals surface area contributed by atoms with Gasteiger partial charge in [0.25, 0.3) is 0 Å². The highest BCUT2D eigenvalue weighted by atomic mass is 79.9. The zero-order chi connectivity index (χ0) is 29.2. The summed E-state index contributed by atoms with van der Waals surface area (Å²) in [6.45, 7) is 0. The maximum absolute atomic E-state index is 6.45. The van der Waals surface area contributed by atoms with Crippen molar-refractivity contribution in [1.82, 2.24) is 0 Å². The molecule has 9 rings (SSSR count). The predicted octanol–water partition coefficient (Wildman–Crippen LogP) is 10.7. The molecule has 2 heteroatoms. The first-order valence-electron chi connectivity index (χ1n) is 15.1. The molecule has 208 valence electrons. The molecule has 7 aromatic carbocycles. The van der Waals surface area contributed by atoms with Gasteiger partial charge in [0.05, 0.1) is 4.47 Å². The van der Waals surface area contributed by atoms with Crippen molar-refractivity contribution in [3.63, 3.8) is 0 Å². The van der Waals surface area contributed by atoms with Crippen molar-refractivity contribution in [2.24, 2.45) is 0 Å². The van der Waals surface area contributed by atoms with Crippen LogP contribution >= 0.6 is 15.9 Å². The third-order valence-electron chi connectivity index (χ3n) is 9.27. The Morgan fingerprint density at radius 2 is 1.20 bits per heavy atom. The van der Waals surface area contributed by atoms with Crippen molar-refractivity contribution in [1.29, 1.82) is 0 Å². The molecule has 0 aliphatic heterocycles. The lowest BCUT2D eigenvalue weighted by atomic mass is 9.86. The minimum absolute atomic E-state index is 0.314. The van der Waals surface area contributed by atoms with Gasteiger partial charge in [-0.3, -0.25) is 0 Å². The fourth-order valence-electron chi connectivity index (χ4n) is 7.13. The lowest BCUT2D eigenvalue weighted by Crippen LogP contribution is -2.30. The van der Waals surface area contributed by atoms with Gasteiger partial charge < -0.3 is 4.42 Å². The highest BCUT2D eigenvalue weighted by Gasteiger charge is 2.18. The molecule has 0 N–H and O–H groups in total. The summed E-state index contributed by atoms with van der Waals surface area (Å²) in [5.41, 5.74) is 5.71. The summed E-state index contributed by atoms with van der Waals surface area (Å²) in [6, 6.07) is 48.1. The summed E-state index contributed by atoms with van der Waals surface area (Å²) in [5, 5.41) is 11.5. The molecule has 1 aromatic heterocycles. The molecule has 1 nitrogen and oxygen atoms in total. The van der Waals surface area contributed by atoms with Crippen LogP contribution in [0.5, 0.6) is 0 Å². The molecular formula is C42H27BrO. The van der Waals surface area contributed by atoms with E-state index in [-0.39, 0.29) is 0 Å². The molecule has 0 saturated heterocycles. The number of furan rings is 1. The molecular weight excluding hydrogens is 600 g/mol. The first-order valence-corrected chi connectivity index (χ1v) is 15.9. The van der Waals surface area contributed by atoms with Gasteiger partial charge in [-0.15, -0.1) is 0 Å². The highest BCUT2D eigenvalue weighted by Crippen LogP contribution is 2.42. The van der Waals surface area contributed by atoms with E-state index in [1.54, 1.807) is 0 Å². The largest absolute Gasteiger partial charge is 0.455 e. The molecule has 1 atom stereocenters. The van der Waals surface area contributed by atoms with Crippen LogP contribution in [0.3, 0.4) is 0 Å². The Morgan fingerprint density at radius 3 is 2.02 bits per heavy atom. The number of fused-ring (bicyclic) bond motifs is 8. The summed E-state index contributed by atoms with van der Waals surface area (Å²) in [4.78, 5) is 0. The monoisotopic (exact) mass is 626 g/mol. The van der Waals surface area contributed by atoms with E-state index in [2.05, 4.69) is 162 Å². The zero-order valence-electron chi connectivity index (χ0n) is 23.9. The van der Waals surface area contributed by atoms with Crippen LogP contribution in [-0.4, -0.2) is 0 Å². The Kier molecular flexibility index (Phi) is 5.86. The van der Waals surface area contributed by atoms with Gasteiger partial charge in [-0.05, 0) is 93.9 Å². The van der Waals surface area contributed by atoms with Crippen LogP contribution < -0.4 is 10.4 Å². The minimum Gasteiger partial charge on any atom is -0.455 e. The summed E-state index contributed by atoms with van der Waals surface area (Å²) in [6.07, 6.45) is 5.93. The molecule has 44 heavy (non-hydrogen) atoms. The van der Waals surface area contributed by atoms with E-state index in [0.29, 0.717) is 5.92 Å². The smallest absolute Gasteiger partial charge is 0.150 e. The third-order valence-corrected chi connectivity index (χ3v) is 10.1. The standard InChI is InChI=1S/C42H27BrO/c43-41-39-25-30(20-22-40(39)44-42(41)37-18-8-10-26-9-1-2-13-31(26)37)28-12-7-11-27(23-28)29-19-21-36-34-16-4-3-14-32(34)33-15-5-6-17-35(33)38(36)24-29/h1-18,20-25,29H,19H2. The van der Waals surface area contributed by atoms with Gasteiger partial charge in [-0.1, -0.05) is 133 Å². The van der Waals surface area contributed by atoms with Crippen molar-refractivity contribution in [2.75, 3.05) is 0 Å². The van der Waals surface area contributed by atoms with Crippen LogP contribution in [0.25, 0.3) is 77.9 Å². The maximum Gasteiger partial charge on any atom is 0.150 e. The molecule has 0 amide bonds. The molecule has 0 fully saturated rings. The third kappa shape index (κ3) is 3.98. The van der Waals surface area contributed by atoms with Crippen molar-refractivity contribution in [3.05, 3.63) is 154 Å². The Balaban J connectivity index is 1.14. The number of hydrogen-bond acceptors (Lipinski definition) is 1. The second-order valence-electron chi connectivity index (χ2n) is 11.7. The van der Waals surface area contributed by atoms with Crippen LogP contribution in [-0.2, 0) is 0 Å². The molecule has 0 radical (unpaired) electrons. The molecule has 1 heterocycles. The van der Waals surface area contributed by atoms with E-state index in [4.69, 9.17) is 4.42 Å². The Bertz CT molecular complexity index is 2550. The minimum atomic E-state index is 0.314. The second-order valence-corrected chi connectivity index (χ2v) is 12.5. The van der Waals surface area contributed by atoms with Gasteiger partial charge in [-0.2, -0.15) is 0 Å². The van der Waals surface area contributed by atoms with E-state index in [1.807, 2.05) is 0 Å². The average Bonchev–Trinajstić information content (AvgIpc) is 3.43. The molecule has 1 unspecified atom stereocenters. The molecule has 0 saturated carbocycles. The van der Waals surface area contributed by atoms with Crippen LogP contribution in [0.2, 0.25) is 0 Å². The van der Waals surface area contributed by atoms with Crippen LogP contribution in [0.4, 0.5) is 0 Å². The van der Waals surface area contributed by atoms with Crippen molar-refractivity contribution < 1.29 is 4.42 Å².